The first kappa shape index (κ1) is 18.2. The molecule has 1 amide bonds. The fourth-order valence-corrected chi connectivity index (χ4v) is 3.96. The highest BCUT2D eigenvalue weighted by Gasteiger charge is 2.32. The lowest BCUT2D eigenvalue weighted by atomic mass is 9.98. The molecule has 1 aromatic carbocycles. The molecule has 3 heterocycles. The van der Waals surface area contributed by atoms with Gasteiger partial charge in [0, 0.05) is 24.5 Å². The van der Waals surface area contributed by atoms with Crippen molar-refractivity contribution in [2.24, 2.45) is 0 Å². The summed E-state index contributed by atoms with van der Waals surface area (Å²) in [4.78, 5) is 19.2. The van der Waals surface area contributed by atoms with E-state index in [2.05, 4.69) is 15.2 Å². The summed E-state index contributed by atoms with van der Waals surface area (Å²) in [6.45, 7) is 2.81. The van der Waals surface area contributed by atoms with Gasteiger partial charge in [0.25, 0.3) is 0 Å². The minimum absolute atomic E-state index is 0.0168. The van der Waals surface area contributed by atoms with Gasteiger partial charge in [0.1, 0.15) is 5.75 Å². The molecule has 4 rings (SSSR count). The summed E-state index contributed by atoms with van der Waals surface area (Å²) in [5.41, 5.74) is 5.21. The lowest BCUT2D eigenvalue weighted by Gasteiger charge is -2.25. The molecule has 0 bridgehead atoms. The number of nitrogens with one attached hydrogen (secondary N) is 1. The first-order valence-electron chi connectivity index (χ1n) is 9.54. The molecule has 1 atom stereocenters. The maximum absolute atomic E-state index is 13.1. The molecule has 0 radical (unpaired) electrons. The maximum atomic E-state index is 13.1. The van der Waals surface area contributed by atoms with Crippen molar-refractivity contribution in [3.63, 3.8) is 0 Å². The minimum Gasteiger partial charge on any atom is -0.497 e. The zero-order chi connectivity index (χ0) is 19.5. The fraction of sp³-hybridized carbons (Fsp3) is 0.318. The number of aryl methyl sites for hydroxylation is 1. The van der Waals surface area contributed by atoms with E-state index in [1.165, 1.54) is 0 Å². The molecule has 6 heteroatoms. The van der Waals surface area contributed by atoms with E-state index in [0.29, 0.717) is 6.42 Å². The number of aromatic amines is 1. The van der Waals surface area contributed by atoms with Crippen LogP contribution in [-0.2, 0) is 11.2 Å². The number of rotatable bonds is 5. The molecule has 1 aliphatic rings. The van der Waals surface area contributed by atoms with E-state index in [9.17, 15) is 4.79 Å². The van der Waals surface area contributed by atoms with Crippen LogP contribution in [0.5, 0.6) is 5.75 Å². The molecule has 0 spiro atoms. The Hall–Kier alpha value is -3.15. The summed E-state index contributed by atoms with van der Waals surface area (Å²) < 4.78 is 5.27. The van der Waals surface area contributed by atoms with Gasteiger partial charge in [-0.25, -0.2) is 0 Å². The molecular formula is C22H24N4O2. The predicted octanol–water partition coefficient (Wildman–Crippen LogP) is 3.69. The topological polar surface area (TPSA) is 71.1 Å². The van der Waals surface area contributed by atoms with Crippen molar-refractivity contribution < 1.29 is 9.53 Å². The normalized spacial score (nSPS) is 16.4. The summed E-state index contributed by atoms with van der Waals surface area (Å²) in [6, 6.07) is 9.71. The standard InChI is InChI=1S/C22H24N4O2/c1-15-13-23-9-8-18(15)19-14-24-25-22(19)20-7-4-10-26(20)21(27)12-16-5-3-6-17(11-16)28-2/h3,5-6,8-9,11,13-14,20H,4,7,10,12H2,1-2H3,(H,24,25)/t20-/m1/s1. The van der Waals surface area contributed by atoms with Crippen LogP contribution in [0.25, 0.3) is 11.1 Å². The van der Waals surface area contributed by atoms with Gasteiger partial charge < -0.3 is 9.64 Å². The van der Waals surface area contributed by atoms with Crippen molar-refractivity contribution in [2.75, 3.05) is 13.7 Å². The number of aromatic nitrogens is 3. The number of ether oxygens (including phenoxy) is 1. The largest absolute Gasteiger partial charge is 0.497 e. The Kier molecular flexibility index (Phi) is 5.10. The van der Waals surface area contributed by atoms with Crippen LogP contribution in [0.2, 0.25) is 0 Å². The molecule has 0 unspecified atom stereocenters. The van der Waals surface area contributed by atoms with Crippen LogP contribution in [-0.4, -0.2) is 39.6 Å². The lowest BCUT2D eigenvalue weighted by Crippen LogP contribution is -2.32. The maximum Gasteiger partial charge on any atom is 0.227 e. The molecule has 1 N–H and O–H groups in total. The monoisotopic (exact) mass is 376 g/mol. The van der Waals surface area contributed by atoms with E-state index >= 15 is 0 Å². The first-order valence-corrected chi connectivity index (χ1v) is 9.54. The number of hydrogen-bond donors (Lipinski definition) is 1. The number of amides is 1. The van der Waals surface area contributed by atoms with Crippen LogP contribution >= 0.6 is 0 Å². The summed E-state index contributed by atoms with van der Waals surface area (Å²) in [6.07, 6.45) is 7.78. The number of H-pyrrole nitrogens is 1. The van der Waals surface area contributed by atoms with E-state index in [4.69, 9.17) is 4.74 Å². The average molecular weight is 376 g/mol. The van der Waals surface area contributed by atoms with Crippen LogP contribution < -0.4 is 4.74 Å². The molecule has 0 saturated carbocycles. The van der Waals surface area contributed by atoms with Crippen molar-refractivity contribution in [3.8, 4) is 16.9 Å². The van der Waals surface area contributed by atoms with Gasteiger partial charge in [-0.15, -0.1) is 0 Å². The average Bonchev–Trinajstić information content (AvgIpc) is 3.37. The van der Waals surface area contributed by atoms with Crippen LogP contribution in [0.1, 0.15) is 35.7 Å². The predicted molar refractivity (Wildman–Crippen MR) is 107 cm³/mol. The highest BCUT2D eigenvalue weighted by atomic mass is 16.5. The third kappa shape index (κ3) is 3.50. The van der Waals surface area contributed by atoms with E-state index in [-0.39, 0.29) is 11.9 Å². The van der Waals surface area contributed by atoms with Crippen LogP contribution in [0.3, 0.4) is 0 Å². The summed E-state index contributed by atoms with van der Waals surface area (Å²) in [5, 5.41) is 7.44. The fourth-order valence-electron chi connectivity index (χ4n) is 3.96. The molecule has 2 aromatic heterocycles. The van der Waals surface area contributed by atoms with Crippen molar-refractivity contribution in [2.45, 2.75) is 32.2 Å². The molecule has 0 aliphatic carbocycles. The van der Waals surface area contributed by atoms with E-state index < -0.39 is 0 Å². The molecule has 1 saturated heterocycles. The number of carbonyl (C=O) groups excluding carboxylic acids is 1. The van der Waals surface area contributed by atoms with Gasteiger partial charge in [0.2, 0.25) is 5.91 Å². The Morgan fingerprint density at radius 3 is 3.00 bits per heavy atom. The number of carbonyl (C=O) groups is 1. The van der Waals surface area contributed by atoms with Gasteiger partial charge in [0.15, 0.2) is 0 Å². The van der Waals surface area contributed by atoms with Crippen molar-refractivity contribution in [1.29, 1.82) is 0 Å². The second-order valence-electron chi connectivity index (χ2n) is 7.16. The van der Waals surface area contributed by atoms with E-state index in [1.54, 1.807) is 13.3 Å². The molecule has 1 fully saturated rings. The van der Waals surface area contributed by atoms with Gasteiger partial charge in [-0.2, -0.15) is 5.10 Å². The first-order chi connectivity index (χ1) is 13.7. The summed E-state index contributed by atoms with van der Waals surface area (Å²) in [5.74, 6) is 0.898. The minimum atomic E-state index is 0.0168. The van der Waals surface area contributed by atoms with Crippen LogP contribution in [0.15, 0.2) is 48.9 Å². The molecule has 3 aromatic rings. The Balaban J connectivity index is 1.58. The Morgan fingerprint density at radius 2 is 2.18 bits per heavy atom. The zero-order valence-corrected chi connectivity index (χ0v) is 16.2. The van der Waals surface area contributed by atoms with Gasteiger partial charge in [-0.1, -0.05) is 12.1 Å². The third-order valence-corrected chi connectivity index (χ3v) is 5.38. The quantitative estimate of drug-likeness (QED) is 0.737. The number of likely N-dealkylation sites (tertiary alicyclic amines) is 1. The Morgan fingerprint density at radius 1 is 1.29 bits per heavy atom. The smallest absolute Gasteiger partial charge is 0.227 e. The highest BCUT2D eigenvalue weighted by molar-refractivity contribution is 5.80. The van der Waals surface area contributed by atoms with Crippen LogP contribution in [0, 0.1) is 6.92 Å². The Labute approximate surface area is 164 Å². The third-order valence-electron chi connectivity index (χ3n) is 5.38. The molecule has 1 aliphatic heterocycles. The van der Waals surface area contributed by atoms with Crippen LogP contribution in [0.4, 0.5) is 0 Å². The highest BCUT2D eigenvalue weighted by Crippen LogP contribution is 2.37. The number of hydrogen-bond acceptors (Lipinski definition) is 4. The van der Waals surface area contributed by atoms with E-state index in [0.717, 1.165) is 53.1 Å². The second-order valence-corrected chi connectivity index (χ2v) is 7.16. The van der Waals surface area contributed by atoms with Crippen molar-refractivity contribution in [1.82, 2.24) is 20.1 Å². The lowest BCUT2D eigenvalue weighted by molar-refractivity contribution is -0.131. The summed E-state index contributed by atoms with van der Waals surface area (Å²) >= 11 is 0. The van der Waals surface area contributed by atoms with Gasteiger partial charge in [0.05, 0.1) is 31.5 Å². The molecule has 144 valence electrons. The van der Waals surface area contributed by atoms with Crippen molar-refractivity contribution in [3.05, 3.63) is 65.7 Å². The van der Waals surface area contributed by atoms with Gasteiger partial charge in [-0.05, 0) is 54.7 Å². The number of benzene rings is 1. The molecule has 6 nitrogen and oxygen atoms in total. The van der Waals surface area contributed by atoms with E-state index in [1.807, 2.05) is 54.5 Å². The SMILES string of the molecule is COc1cccc(CC(=O)N2CCC[C@@H]2c2[nH]ncc2-c2ccncc2C)c1. The molecule has 28 heavy (non-hydrogen) atoms. The van der Waals surface area contributed by atoms with Crippen molar-refractivity contribution >= 4 is 5.91 Å². The number of methoxy groups -OCH3 is 1. The second kappa shape index (κ2) is 7.84. The Bertz CT molecular complexity index is 982. The van der Waals surface area contributed by atoms with Gasteiger partial charge >= 0.3 is 0 Å². The molecular weight excluding hydrogens is 352 g/mol. The van der Waals surface area contributed by atoms with Gasteiger partial charge in [-0.3, -0.25) is 14.9 Å². The number of pyridine rings is 1. The number of nitrogens with zero attached hydrogens (tertiary/aromatic N) is 3. The zero-order valence-electron chi connectivity index (χ0n) is 16.2. The summed E-state index contributed by atoms with van der Waals surface area (Å²) in [7, 11) is 1.64.